The van der Waals surface area contributed by atoms with Crippen LogP contribution in [0.25, 0.3) is 0 Å². The van der Waals surface area contributed by atoms with E-state index in [1.54, 1.807) is 6.07 Å². The lowest BCUT2D eigenvalue weighted by atomic mass is 9.66. The molecule has 0 N–H and O–H groups in total. The summed E-state index contributed by atoms with van der Waals surface area (Å²) in [6.07, 6.45) is 4.88. The van der Waals surface area contributed by atoms with Crippen molar-refractivity contribution in [1.29, 1.82) is 5.26 Å². The second-order valence-corrected chi connectivity index (χ2v) is 7.24. The number of hydrogen-bond donors (Lipinski definition) is 0. The average Bonchev–Trinajstić information content (AvgIpc) is 2.42. The molecule has 0 unspecified atom stereocenters. The maximum atomic E-state index is 13.1. The minimum absolute atomic E-state index is 0.241. The molecule has 0 spiro atoms. The van der Waals surface area contributed by atoms with Crippen molar-refractivity contribution in [3.63, 3.8) is 0 Å². The molecule has 108 valence electrons. The zero-order valence-electron chi connectivity index (χ0n) is 12.1. The normalized spacial score (nSPS) is 26.5. The van der Waals surface area contributed by atoms with Gasteiger partial charge in [0, 0.05) is 4.47 Å². The molecule has 0 bridgehead atoms. The average molecular weight is 338 g/mol. The molecule has 1 saturated carbocycles. The fourth-order valence-corrected chi connectivity index (χ4v) is 3.71. The van der Waals surface area contributed by atoms with Gasteiger partial charge in [0.15, 0.2) is 0 Å². The Kier molecular flexibility index (Phi) is 4.86. The Morgan fingerprint density at radius 2 is 2.05 bits per heavy atom. The number of rotatable bonds is 3. The maximum absolute atomic E-state index is 13.1. The second-order valence-electron chi connectivity index (χ2n) is 6.39. The molecule has 1 aliphatic rings. The van der Waals surface area contributed by atoms with Gasteiger partial charge in [-0.15, -0.1) is 0 Å². The molecular formula is C17H21BrFN. The van der Waals surface area contributed by atoms with Crippen LogP contribution in [0.1, 0.15) is 45.1 Å². The largest absolute Gasteiger partial charge is 0.207 e. The van der Waals surface area contributed by atoms with Crippen LogP contribution in [0.4, 0.5) is 4.39 Å². The lowest BCUT2D eigenvalue weighted by Gasteiger charge is -2.36. The van der Waals surface area contributed by atoms with E-state index in [0.717, 1.165) is 48.1 Å². The molecule has 0 saturated heterocycles. The van der Waals surface area contributed by atoms with E-state index in [1.165, 1.54) is 12.1 Å². The van der Waals surface area contributed by atoms with Gasteiger partial charge in [0.2, 0.25) is 0 Å². The molecule has 1 aliphatic carbocycles. The lowest BCUT2D eigenvalue weighted by molar-refractivity contribution is 0.174. The van der Waals surface area contributed by atoms with Crippen molar-refractivity contribution in [3.05, 3.63) is 34.1 Å². The van der Waals surface area contributed by atoms with Gasteiger partial charge in [0.25, 0.3) is 0 Å². The molecule has 0 amide bonds. The molecule has 0 atom stereocenters. The summed E-state index contributed by atoms with van der Waals surface area (Å²) in [5.74, 6) is 1.20. The molecule has 0 aliphatic heterocycles. The van der Waals surface area contributed by atoms with Crippen molar-refractivity contribution in [1.82, 2.24) is 0 Å². The van der Waals surface area contributed by atoms with Gasteiger partial charge in [-0.3, -0.25) is 0 Å². The van der Waals surface area contributed by atoms with E-state index < -0.39 is 0 Å². The van der Waals surface area contributed by atoms with Crippen LogP contribution in [0.3, 0.4) is 0 Å². The Bertz CT molecular complexity index is 510. The number of hydrogen-bond acceptors (Lipinski definition) is 1. The molecule has 1 nitrogen and oxygen atoms in total. The predicted molar refractivity (Wildman–Crippen MR) is 82.6 cm³/mol. The van der Waals surface area contributed by atoms with Crippen molar-refractivity contribution >= 4 is 15.9 Å². The van der Waals surface area contributed by atoms with Crippen LogP contribution in [-0.4, -0.2) is 0 Å². The highest BCUT2D eigenvalue weighted by atomic mass is 79.9. The van der Waals surface area contributed by atoms with E-state index in [4.69, 9.17) is 0 Å². The van der Waals surface area contributed by atoms with Crippen LogP contribution in [0.15, 0.2) is 22.7 Å². The number of halogens is 2. The van der Waals surface area contributed by atoms with Gasteiger partial charge < -0.3 is 0 Å². The summed E-state index contributed by atoms with van der Waals surface area (Å²) in [5, 5.41) is 9.63. The summed E-state index contributed by atoms with van der Waals surface area (Å²) < 4.78 is 13.9. The molecular weight excluding hydrogens is 317 g/mol. The van der Waals surface area contributed by atoms with Gasteiger partial charge in [-0.1, -0.05) is 35.8 Å². The minimum atomic E-state index is -0.272. The van der Waals surface area contributed by atoms with Crippen molar-refractivity contribution in [2.24, 2.45) is 17.3 Å². The third-order valence-corrected chi connectivity index (χ3v) is 5.45. The lowest BCUT2D eigenvalue weighted by Crippen LogP contribution is -2.30. The van der Waals surface area contributed by atoms with Crippen molar-refractivity contribution in [2.75, 3.05) is 0 Å². The molecule has 2 rings (SSSR count). The number of nitriles is 1. The van der Waals surface area contributed by atoms with Gasteiger partial charge >= 0.3 is 0 Å². The summed E-state index contributed by atoms with van der Waals surface area (Å²) in [7, 11) is 0. The Labute approximate surface area is 129 Å². The van der Waals surface area contributed by atoms with Crippen molar-refractivity contribution in [3.8, 4) is 6.07 Å². The zero-order chi connectivity index (χ0) is 14.8. The topological polar surface area (TPSA) is 23.8 Å². The third kappa shape index (κ3) is 3.41. The Balaban J connectivity index is 2.12. The maximum Gasteiger partial charge on any atom is 0.124 e. The smallest absolute Gasteiger partial charge is 0.124 e. The Morgan fingerprint density at radius 3 is 2.55 bits per heavy atom. The summed E-state index contributed by atoms with van der Waals surface area (Å²) in [6.45, 7) is 4.53. The van der Waals surface area contributed by atoms with E-state index in [2.05, 4.69) is 35.8 Å². The van der Waals surface area contributed by atoms with Gasteiger partial charge in [-0.25, -0.2) is 4.39 Å². The molecule has 1 aromatic carbocycles. The van der Waals surface area contributed by atoms with Crippen LogP contribution in [0, 0.1) is 34.4 Å². The van der Waals surface area contributed by atoms with Gasteiger partial charge in [0.1, 0.15) is 5.82 Å². The van der Waals surface area contributed by atoms with Crippen LogP contribution < -0.4 is 0 Å². The summed E-state index contributed by atoms with van der Waals surface area (Å²) in [6, 6.07) is 7.31. The highest BCUT2D eigenvalue weighted by molar-refractivity contribution is 9.10. The summed E-state index contributed by atoms with van der Waals surface area (Å²) >= 11 is 3.41. The van der Waals surface area contributed by atoms with E-state index in [-0.39, 0.29) is 11.2 Å². The fraction of sp³-hybridized carbons (Fsp3) is 0.588. The SMILES string of the molecule is CC(C)C1CCC(C#N)(Cc2ccc(F)cc2Br)CC1. The van der Waals surface area contributed by atoms with Crippen molar-refractivity contribution in [2.45, 2.75) is 46.0 Å². The molecule has 1 fully saturated rings. The van der Waals surface area contributed by atoms with Crippen LogP contribution in [-0.2, 0) is 6.42 Å². The van der Waals surface area contributed by atoms with Crippen LogP contribution >= 0.6 is 15.9 Å². The second kappa shape index (κ2) is 6.26. The summed E-state index contributed by atoms with van der Waals surface area (Å²) in [5.41, 5.74) is 0.766. The van der Waals surface area contributed by atoms with E-state index >= 15 is 0 Å². The standard InChI is InChI=1S/C17H21BrFN/c1-12(2)13-5-7-17(11-20,8-6-13)10-14-3-4-15(19)9-16(14)18/h3-4,9,12-13H,5-8,10H2,1-2H3. The number of benzene rings is 1. The number of nitrogens with zero attached hydrogens (tertiary/aromatic N) is 1. The third-order valence-electron chi connectivity index (χ3n) is 4.71. The first-order valence-corrected chi connectivity index (χ1v) is 8.10. The Hall–Kier alpha value is -0.880. The zero-order valence-corrected chi connectivity index (χ0v) is 13.7. The molecule has 3 heteroatoms. The van der Waals surface area contributed by atoms with Gasteiger partial charge in [-0.2, -0.15) is 5.26 Å². The van der Waals surface area contributed by atoms with E-state index in [9.17, 15) is 9.65 Å². The van der Waals surface area contributed by atoms with Crippen molar-refractivity contribution < 1.29 is 4.39 Å². The monoisotopic (exact) mass is 337 g/mol. The minimum Gasteiger partial charge on any atom is -0.207 e. The molecule has 20 heavy (non-hydrogen) atoms. The van der Waals surface area contributed by atoms with Crippen LogP contribution in [0.2, 0.25) is 0 Å². The van der Waals surface area contributed by atoms with Gasteiger partial charge in [-0.05, 0) is 61.6 Å². The van der Waals surface area contributed by atoms with E-state index in [0.29, 0.717) is 5.92 Å². The first-order valence-electron chi connectivity index (χ1n) is 7.31. The first kappa shape index (κ1) is 15.5. The molecule has 0 aromatic heterocycles. The first-order chi connectivity index (χ1) is 9.46. The Morgan fingerprint density at radius 1 is 1.40 bits per heavy atom. The van der Waals surface area contributed by atoms with Gasteiger partial charge in [0.05, 0.1) is 11.5 Å². The molecule has 0 radical (unpaired) electrons. The van der Waals surface area contributed by atoms with Crippen LogP contribution in [0.5, 0.6) is 0 Å². The highest BCUT2D eigenvalue weighted by Crippen LogP contribution is 2.44. The van der Waals surface area contributed by atoms with E-state index in [1.807, 2.05) is 0 Å². The summed E-state index contributed by atoms with van der Waals surface area (Å²) in [4.78, 5) is 0. The quantitative estimate of drug-likeness (QED) is 0.715. The highest BCUT2D eigenvalue weighted by Gasteiger charge is 2.36. The fourth-order valence-electron chi connectivity index (χ4n) is 3.22. The predicted octanol–water partition coefficient (Wildman–Crippen LogP) is 5.49. The molecule has 0 heterocycles. The molecule has 1 aromatic rings.